The van der Waals surface area contributed by atoms with Gasteiger partial charge in [0, 0.05) is 30.0 Å². The Kier molecular flexibility index (Phi) is 4.10. The lowest BCUT2D eigenvalue weighted by Gasteiger charge is -2.10. The van der Waals surface area contributed by atoms with Gasteiger partial charge in [-0.1, -0.05) is 12.1 Å². The van der Waals surface area contributed by atoms with E-state index in [0.29, 0.717) is 28.8 Å². The van der Waals surface area contributed by atoms with Crippen molar-refractivity contribution in [1.82, 2.24) is 14.8 Å². The predicted molar refractivity (Wildman–Crippen MR) is 102 cm³/mol. The van der Waals surface area contributed by atoms with Crippen LogP contribution in [0.25, 0.3) is 11.5 Å². The minimum Gasteiger partial charge on any atom is -0.420 e. The molecule has 0 bridgehead atoms. The maximum absolute atomic E-state index is 13.2. The summed E-state index contributed by atoms with van der Waals surface area (Å²) in [6.45, 7) is 5.55. The molecule has 142 valence electrons. The highest BCUT2D eigenvalue weighted by molar-refractivity contribution is 7.93. The number of aromatic nitrogens is 3. The molecule has 1 saturated carbocycles. The van der Waals surface area contributed by atoms with Crippen LogP contribution >= 0.6 is 0 Å². The molecule has 3 aromatic rings. The molecule has 1 aliphatic carbocycles. The summed E-state index contributed by atoms with van der Waals surface area (Å²) in [5.74, 6) is 1.14. The second-order valence-corrected chi connectivity index (χ2v) is 8.75. The molecule has 0 aliphatic heterocycles. The molecule has 4 rings (SSSR count). The number of anilines is 1. The monoisotopic (exact) mass is 386 g/mol. The zero-order valence-electron chi connectivity index (χ0n) is 15.8. The second-order valence-electron chi connectivity index (χ2n) is 7.13. The van der Waals surface area contributed by atoms with E-state index in [9.17, 15) is 8.42 Å². The Hall–Kier alpha value is -2.61. The molecular weight excluding hydrogens is 364 g/mol. The number of aryl methyl sites for hydroxylation is 1. The Morgan fingerprint density at radius 1 is 1.15 bits per heavy atom. The number of hydrogen-bond acceptors (Lipinski definition) is 5. The quantitative estimate of drug-likeness (QED) is 0.722. The van der Waals surface area contributed by atoms with Crippen LogP contribution in [-0.4, -0.2) is 23.2 Å². The van der Waals surface area contributed by atoms with Crippen molar-refractivity contribution in [1.29, 1.82) is 0 Å². The van der Waals surface area contributed by atoms with Crippen LogP contribution in [0.1, 0.15) is 41.6 Å². The number of sulfonamides is 1. The van der Waals surface area contributed by atoms with E-state index in [-0.39, 0.29) is 10.8 Å². The highest BCUT2D eigenvalue weighted by Crippen LogP contribution is 2.41. The Morgan fingerprint density at radius 2 is 1.89 bits per heavy atom. The summed E-state index contributed by atoms with van der Waals surface area (Å²) in [6, 6.07) is 7.25. The van der Waals surface area contributed by atoms with Gasteiger partial charge in [0.2, 0.25) is 5.89 Å². The van der Waals surface area contributed by atoms with Crippen molar-refractivity contribution in [3.8, 4) is 11.5 Å². The lowest BCUT2D eigenvalue weighted by Crippen LogP contribution is -2.15. The van der Waals surface area contributed by atoms with Crippen LogP contribution in [0.4, 0.5) is 5.69 Å². The van der Waals surface area contributed by atoms with Crippen molar-refractivity contribution in [3.05, 3.63) is 47.1 Å². The molecule has 1 aromatic carbocycles. The molecule has 0 saturated heterocycles. The Labute approximate surface area is 158 Å². The van der Waals surface area contributed by atoms with Crippen molar-refractivity contribution < 1.29 is 12.8 Å². The summed E-state index contributed by atoms with van der Waals surface area (Å²) >= 11 is 0. The third-order valence-corrected chi connectivity index (χ3v) is 6.59. The molecule has 0 atom stereocenters. The van der Waals surface area contributed by atoms with Crippen molar-refractivity contribution in [3.63, 3.8) is 0 Å². The van der Waals surface area contributed by atoms with Crippen LogP contribution in [0.2, 0.25) is 0 Å². The average Bonchev–Trinajstić information content (AvgIpc) is 3.29. The van der Waals surface area contributed by atoms with Gasteiger partial charge in [-0.2, -0.15) is 0 Å². The molecule has 1 aliphatic rings. The third kappa shape index (κ3) is 3.14. The maximum Gasteiger partial charge on any atom is 0.264 e. The first-order chi connectivity index (χ1) is 12.8. The molecule has 8 heteroatoms. The fraction of sp³-hybridized carbons (Fsp3) is 0.368. The van der Waals surface area contributed by atoms with Crippen molar-refractivity contribution in [2.45, 2.75) is 44.4 Å². The average molecular weight is 386 g/mol. The molecular formula is C19H22N4O3S. The largest absolute Gasteiger partial charge is 0.420 e. The molecule has 2 aromatic heterocycles. The first-order valence-corrected chi connectivity index (χ1v) is 10.4. The smallest absolute Gasteiger partial charge is 0.264 e. The van der Waals surface area contributed by atoms with Crippen LogP contribution in [0.3, 0.4) is 0 Å². The third-order valence-electron chi connectivity index (χ3n) is 5.04. The first kappa shape index (κ1) is 17.8. The SMILES string of the molecule is Cc1cccc(NS(=O)(=O)c2c(-c3nnc(C4CC4)o3)c(C)n(C)c2C)c1. The summed E-state index contributed by atoms with van der Waals surface area (Å²) < 4.78 is 36.8. The summed E-state index contributed by atoms with van der Waals surface area (Å²) in [5.41, 5.74) is 3.35. The molecule has 0 radical (unpaired) electrons. The van der Waals surface area contributed by atoms with Gasteiger partial charge in [-0.3, -0.25) is 4.72 Å². The van der Waals surface area contributed by atoms with Gasteiger partial charge in [-0.05, 0) is 51.3 Å². The summed E-state index contributed by atoms with van der Waals surface area (Å²) in [6.07, 6.45) is 2.07. The van der Waals surface area contributed by atoms with Gasteiger partial charge in [0.15, 0.2) is 0 Å². The van der Waals surface area contributed by atoms with Gasteiger partial charge in [0.1, 0.15) is 4.90 Å². The van der Waals surface area contributed by atoms with Gasteiger partial charge in [-0.25, -0.2) is 8.42 Å². The topological polar surface area (TPSA) is 90.0 Å². The Balaban J connectivity index is 1.82. The number of rotatable bonds is 5. The Bertz CT molecular complexity index is 1120. The zero-order valence-corrected chi connectivity index (χ0v) is 16.6. The molecule has 0 spiro atoms. The first-order valence-electron chi connectivity index (χ1n) is 8.87. The number of benzene rings is 1. The van der Waals surface area contributed by atoms with E-state index in [1.165, 1.54) is 0 Å². The van der Waals surface area contributed by atoms with E-state index >= 15 is 0 Å². The molecule has 7 nitrogen and oxygen atoms in total. The number of hydrogen-bond donors (Lipinski definition) is 1. The second kappa shape index (κ2) is 6.23. The van der Waals surface area contributed by atoms with Crippen LogP contribution in [-0.2, 0) is 17.1 Å². The summed E-state index contributed by atoms with van der Waals surface area (Å²) in [4.78, 5) is 0.176. The molecule has 0 unspecified atom stereocenters. The van der Waals surface area contributed by atoms with Gasteiger partial charge < -0.3 is 8.98 Å². The van der Waals surface area contributed by atoms with E-state index in [1.54, 1.807) is 19.1 Å². The maximum atomic E-state index is 13.2. The van der Waals surface area contributed by atoms with Crippen molar-refractivity contribution in [2.24, 2.45) is 7.05 Å². The minimum atomic E-state index is -3.84. The van der Waals surface area contributed by atoms with Gasteiger partial charge in [0.25, 0.3) is 15.9 Å². The molecule has 0 amide bonds. The van der Waals surface area contributed by atoms with Gasteiger partial charge in [0.05, 0.1) is 5.56 Å². The van der Waals surface area contributed by atoms with Gasteiger partial charge >= 0.3 is 0 Å². The van der Waals surface area contributed by atoms with Crippen LogP contribution in [0, 0.1) is 20.8 Å². The standard InChI is InChI=1S/C19H22N4O3S/c1-11-6-5-7-15(10-11)22-27(24,25)17-13(3)23(4)12(2)16(17)19-21-20-18(26-19)14-8-9-14/h5-7,10,14,22H,8-9H2,1-4H3. The summed E-state index contributed by atoms with van der Waals surface area (Å²) in [5, 5.41) is 8.25. The van der Waals surface area contributed by atoms with Crippen LogP contribution < -0.4 is 4.72 Å². The number of nitrogens with zero attached hydrogens (tertiary/aromatic N) is 3. The fourth-order valence-electron chi connectivity index (χ4n) is 3.24. The minimum absolute atomic E-state index is 0.176. The lowest BCUT2D eigenvalue weighted by molar-refractivity contribution is 0.507. The van der Waals surface area contributed by atoms with Crippen molar-refractivity contribution >= 4 is 15.7 Å². The van der Waals surface area contributed by atoms with E-state index in [1.807, 2.05) is 37.6 Å². The highest BCUT2D eigenvalue weighted by atomic mass is 32.2. The van der Waals surface area contributed by atoms with Crippen LogP contribution in [0.15, 0.2) is 33.6 Å². The normalized spacial score (nSPS) is 14.5. The van der Waals surface area contributed by atoms with E-state index in [4.69, 9.17) is 4.42 Å². The highest BCUT2D eigenvalue weighted by Gasteiger charge is 2.33. The van der Waals surface area contributed by atoms with Gasteiger partial charge in [-0.15, -0.1) is 10.2 Å². The fourth-order valence-corrected chi connectivity index (χ4v) is 4.81. The van der Waals surface area contributed by atoms with E-state index in [0.717, 1.165) is 24.1 Å². The Morgan fingerprint density at radius 3 is 2.56 bits per heavy atom. The van der Waals surface area contributed by atoms with Crippen molar-refractivity contribution in [2.75, 3.05) is 4.72 Å². The number of nitrogens with one attached hydrogen (secondary N) is 1. The summed E-state index contributed by atoms with van der Waals surface area (Å²) in [7, 11) is -2.00. The lowest BCUT2D eigenvalue weighted by atomic mass is 10.2. The molecule has 27 heavy (non-hydrogen) atoms. The zero-order chi connectivity index (χ0) is 19.3. The molecule has 1 N–H and O–H groups in total. The van der Waals surface area contributed by atoms with E-state index in [2.05, 4.69) is 14.9 Å². The van der Waals surface area contributed by atoms with Crippen LogP contribution in [0.5, 0.6) is 0 Å². The predicted octanol–water partition coefficient (Wildman–Crippen LogP) is 3.68. The molecule has 2 heterocycles. The van der Waals surface area contributed by atoms with E-state index < -0.39 is 10.0 Å². The molecule has 1 fully saturated rings.